The number of hydrogen-bond acceptors (Lipinski definition) is 5. The van der Waals surface area contributed by atoms with Crippen molar-refractivity contribution in [2.45, 2.75) is 69.6 Å². The lowest BCUT2D eigenvalue weighted by atomic mass is 9.97. The maximum Gasteiger partial charge on any atom is 0.254 e. The van der Waals surface area contributed by atoms with E-state index in [1.165, 1.54) is 0 Å². The molecule has 8 rings (SSSR count). The monoisotopic (exact) mass is 616 g/mol. The number of nitrogens with zero attached hydrogens (tertiary/aromatic N) is 4. The first-order valence-electron chi connectivity index (χ1n) is 16.6. The number of carbonyl (C=O) groups excluding carboxylic acids is 2. The summed E-state index contributed by atoms with van der Waals surface area (Å²) in [7, 11) is 3.67. The summed E-state index contributed by atoms with van der Waals surface area (Å²) in [6.07, 6.45) is 6.93. The van der Waals surface area contributed by atoms with Gasteiger partial charge in [0.15, 0.2) is 5.82 Å². The molecule has 2 aromatic heterocycles. The van der Waals surface area contributed by atoms with Gasteiger partial charge in [0.05, 0.1) is 18.3 Å². The van der Waals surface area contributed by atoms with Crippen molar-refractivity contribution in [3.8, 4) is 28.4 Å². The average Bonchev–Trinajstić information content (AvgIpc) is 3.82. The van der Waals surface area contributed by atoms with Gasteiger partial charge in [0.2, 0.25) is 0 Å². The largest absolute Gasteiger partial charge is 0.494 e. The zero-order chi connectivity index (χ0) is 31.5. The van der Waals surface area contributed by atoms with Crippen molar-refractivity contribution in [1.29, 1.82) is 0 Å². The number of amides is 2. The first-order chi connectivity index (χ1) is 22.4. The standard InChI is InChI=1S/C37H40N6O3/c1-41-34-29(17-24(20-33(34)46-2)37(45)43-25-13-14-30(43)28(38)21-25)40-35(41)32-19-23-12-11-22-18-31(23)42(32)16-8-4-3-7-15-39-36(44)27-10-6-5-9-26(22)27/h5-6,9-12,17-20,25,28,30H,3-4,7-8,13-16,21,38H2,1-2H3,(H,39,44)/t25-,28+,30+/m0/s1. The van der Waals surface area contributed by atoms with Crippen molar-refractivity contribution in [2.75, 3.05) is 13.7 Å². The van der Waals surface area contributed by atoms with Crippen molar-refractivity contribution >= 4 is 33.8 Å². The van der Waals surface area contributed by atoms with Crippen molar-refractivity contribution in [2.24, 2.45) is 12.8 Å². The van der Waals surface area contributed by atoms with E-state index in [1.807, 2.05) is 48.3 Å². The predicted molar refractivity (Wildman–Crippen MR) is 180 cm³/mol. The van der Waals surface area contributed by atoms with Gasteiger partial charge in [-0.05, 0) is 73.6 Å². The molecule has 2 amide bonds. The molecule has 9 nitrogen and oxygen atoms in total. The highest BCUT2D eigenvalue weighted by Gasteiger charge is 2.47. The third-order valence-corrected chi connectivity index (χ3v) is 10.4. The lowest BCUT2D eigenvalue weighted by molar-refractivity contribution is 0.0726. The number of benzene rings is 3. The number of carbonyl (C=O) groups is 2. The quantitative estimate of drug-likeness (QED) is 0.263. The predicted octanol–water partition coefficient (Wildman–Crippen LogP) is 5.88. The molecule has 46 heavy (non-hydrogen) atoms. The Hall–Kier alpha value is -4.63. The summed E-state index contributed by atoms with van der Waals surface area (Å²) in [6.45, 7) is 1.52. The van der Waals surface area contributed by atoms with E-state index in [0.717, 1.165) is 96.1 Å². The molecule has 0 spiro atoms. The average molecular weight is 617 g/mol. The topological polar surface area (TPSA) is 107 Å². The smallest absolute Gasteiger partial charge is 0.254 e. The van der Waals surface area contributed by atoms with Crippen LogP contribution in [0.25, 0.3) is 44.6 Å². The number of nitrogens with one attached hydrogen (secondary N) is 1. The number of aryl methyl sites for hydroxylation is 2. The molecule has 0 unspecified atom stereocenters. The number of rotatable bonds is 3. The number of imidazole rings is 1. The molecule has 236 valence electrons. The highest BCUT2D eigenvalue weighted by atomic mass is 16.5. The van der Waals surface area contributed by atoms with Gasteiger partial charge in [0, 0.05) is 60.3 Å². The summed E-state index contributed by atoms with van der Waals surface area (Å²) in [6, 6.07) is 20.6. The molecular weight excluding hydrogens is 576 g/mol. The Morgan fingerprint density at radius 2 is 1.83 bits per heavy atom. The van der Waals surface area contributed by atoms with Crippen LogP contribution in [0.2, 0.25) is 0 Å². The fraction of sp³-hybridized carbons (Fsp3) is 0.378. The highest BCUT2D eigenvalue weighted by Crippen LogP contribution is 2.40. The van der Waals surface area contributed by atoms with Crippen molar-refractivity contribution < 1.29 is 14.3 Å². The minimum absolute atomic E-state index is 0.0108. The van der Waals surface area contributed by atoms with E-state index in [2.05, 4.69) is 38.7 Å². The highest BCUT2D eigenvalue weighted by molar-refractivity contribution is 6.03. The fourth-order valence-electron chi connectivity index (χ4n) is 8.15. The minimum atomic E-state index is -0.0319. The van der Waals surface area contributed by atoms with E-state index in [4.69, 9.17) is 15.5 Å². The van der Waals surface area contributed by atoms with Gasteiger partial charge >= 0.3 is 0 Å². The van der Waals surface area contributed by atoms with Gasteiger partial charge in [-0.1, -0.05) is 43.2 Å². The molecule has 3 aromatic carbocycles. The van der Waals surface area contributed by atoms with Gasteiger partial charge in [-0.3, -0.25) is 9.59 Å². The van der Waals surface area contributed by atoms with Gasteiger partial charge in [-0.15, -0.1) is 0 Å². The van der Waals surface area contributed by atoms with Crippen LogP contribution in [0, 0.1) is 0 Å². The van der Waals surface area contributed by atoms with Crippen LogP contribution in [0.1, 0.15) is 65.7 Å². The SMILES string of the molecule is COc1cc(C(=O)N2[C@H]3CC[C@@H]2[C@H](N)C3)cc2nc(-c3cc4ccc5cc4n3CCCCCCNC(=O)c3ccccc3-5)n(C)c12. The summed E-state index contributed by atoms with van der Waals surface area (Å²) >= 11 is 0. The molecule has 0 radical (unpaired) electrons. The molecular formula is C37H40N6O3. The van der Waals surface area contributed by atoms with E-state index in [0.29, 0.717) is 23.4 Å². The zero-order valence-electron chi connectivity index (χ0n) is 26.5. The summed E-state index contributed by atoms with van der Waals surface area (Å²) < 4.78 is 10.3. The van der Waals surface area contributed by atoms with Crippen molar-refractivity contribution in [3.63, 3.8) is 0 Å². The molecule has 5 aromatic rings. The molecule has 0 aliphatic carbocycles. The van der Waals surface area contributed by atoms with Gasteiger partial charge in [0.1, 0.15) is 11.3 Å². The third-order valence-electron chi connectivity index (χ3n) is 10.4. The van der Waals surface area contributed by atoms with Crippen LogP contribution in [0.15, 0.2) is 60.7 Å². The summed E-state index contributed by atoms with van der Waals surface area (Å²) in [4.78, 5) is 34.1. The Bertz CT molecular complexity index is 2010. The van der Waals surface area contributed by atoms with E-state index < -0.39 is 0 Å². The number of methoxy groups -OCH3 is 1. The first kappa shape index (κ1) is 28.8. The van der Waals surface area contributed by atoms with Crippen LogP contribution in [0.3, 0.4) is 0 Å². The summed E-state index contributed by atoms with van der Waals surface area (Å²) in [5, 5.41) is 4.23. The Labute approximate surface area is 268 Å². The molecule has 3 aliphatic heterocycles. The lowest BCUT2D eigenvalue weighted by Crippen LogP contribution is -2.40. The van der Waals surface area contributed by atoms with Gasteiger partial charge in [-0.25, -0.2) is 4.98 Å². The second-order valence-corrected chi connectivity index (χ2v) is 13.1. The fourth-order valence-corrected chi connectivity index (χ4v) is 8.15. The molecule has 2 saturated heterocycles. The molecule has 9 heteroatoms. The number of fused-ring (bicyclic) bond motifs is 6. The summed E-state index contributed by atoms with van der Waals surface area (Å²) in [5.74, 6) is 1.43. The molecule has 3 atom stereocenters. The Balaban J connectivity index is 1.26. The van der Waals surface area contributed by atoms with Crippen LogP contribution < -0.4 is 15.8 Å². The van der Waals surface area contributed by atoms with Crippen LogP contribution in [0.4, 0.5) is 0 Å². The minimum Gasteiger partial charge on any atom is -0.494 e. The number of nitrogens with two attached hydrogens (primary N) is 1. The van der Waals surface area contributed by atoms with Gasteiger partial charge in [-0.2, -0.15) is 0 Å². The van der Waals surface area contributed by atoms with E-state index in [9.17, 15) is 9.59 Å². The van der Waals surface area contributed by atoms with E-state index in [-0.39, 0.29) is 29.9 Å². The van der Waals surface area contributed by atoms with E-state index in [1.54, 1.807) is 7.11 Å². The molecule has 3 N–H and O–H groups in total. The Morgan fingerprint density at radius 3 is 2.61 bits per heavy atom. The summed E-state index contributed by atoms with van der Waals surface area (Å²) in [5.41, 5.74) is 13.3. The number of hydrogen-bond donors (Lipinski definition) is 2. The normalized spacial score (nSPS) is 21.5. The van der Waals surface area contributed by atoms with Crippen LogP contribution in [-0.2, 0) is 13.6 Å². The van der Waals surface area contributed by atoms with Gasteiger partial charge < -0.3 is 29.8 Å². The molecule has 4 bridgehead atoms. The second-order valence-electron chi connectivity index (χ2n) is 13.1. The zero-order valence-corrected chi connectivity index (χ0v) is 26.5. The Kier molecular flexibility index (Phi) is 7.09. The van der Waals surface area contributed by atoms with Crippen molar-refractivity contribution in [3.05, 3.63) is 71.8 Å². The lowest BCUT2D eigenvalue weighted by Gasteiger charge is -2.23. The van der Waals surface area contributed by atoms with E-state index >= 15 is 0 Å². The first-order valence-corrected chi connectivity index (χ1v) is 16.6. The molecule has 0 saturated carbocycles. The molecule has 3 aliphatic rings. The van der Waals surface area contributed by atoms with Crippen LogP contribution in [-0.4, -0.2) is 62.6 Å². The molecule has 2 fully saturated rings. The molecule has 5 heterocycles. The number of aromatic nitrogens is 3. The second kappa shape index (κ2) is 11.3. The Morgan fingerprint density at radius 1 is 1.00 bits per heavy atom. The van der Waals surface area contributed by atoms with Crippen LogP contribution >= 0.6 is 0 Å². The number of ether oxygens (including phenoxy) is 1. The van der Waals surface area contributed by atoms with Crippen LogP contribution in [0.5, 0.6) is 5.75 Å². The maximum atomic E-state index is 13.8. The van der Waals surface area contributed by atoms with Crippen molar-refractivity contribution in [1.82, 2.24) is 24.3 Å². The maximum absolute atomic E-state index is 13.8. The van der Waals surface area contributed by atoms with Gasteiger partial charge in [0.25, 0.3) is 11.8 Å². The third kappa shape index (κ3) is 4.59.